The molecule has 0 aliphatic heterocycles. The molecule has 2 heteroatoms. The van der Waals surface area contributed by atoms with Crippen LogP contribution in [0, 0.1) is 5.41 Å². The lowest BCUT2D eigenvalue weighted by molar-refractivity contribution is 0.280. The Hall–Kier alpha value is -1.28. The largest absolute Gasteiger partial charge is 0.489 e. The second-order valence-corrected chi connectivity index (χ2v) is 6.02. The number of ether oxygens (including phenoxy) is 1. The number of para-hydroxylation sites is 1. The zero-order chi connectivity index (χ0) is 13.7. The van der Waals surface area contributed by atoms with Gasteiger partial charge in [-0.15, -0.1) is 0 Å². The van der Waals surface area contributed by atoms with Gasteiger partial charge in [0.05, 0.1) is 0 Å². The summed E-state index contributed by atoms with van der Waals surface area (Å²) in [5.74, 6) is 0.964. The molecule has 1 fully saturated rings. The summed E-state index contributed by atoms with van der Waals surface area (Å²) >= 11 is 0. The monoisotopic (exact) mass is 259 g/mol. The smallest absolute Gasteiger partial charge is 0.124 e. The molecule has 0 amide bonds. The van der Waals surface area contributed by atoms with Gasteiger partial charge in [-0.3, -0.25) is 0 Å². The van der Waals surface area contributed by atoms with Crippen molar-refractivity contribution in [3.63, 3.8) is 0 Å². The molecule has 19 heavy (non-hydrogen) atoms. The van der Waals surface area contributed by atoms with Gasteiger partial charge in [-0.25, -0.2) is 0 Å². The number of benzene rings is 1. The molecule has 0 saturated heterocycles. The summed E-state index contributed by atoms with van der Waals surface area (Å²) in [6, 6.07) is 8.85. The molecule has 1 aromatic carbocycles. The van der Waals surface area contributed by atoms with Crippen LogP contribution >= 0.6 is 0 Å². The molecule has 1 aliphatic carbocycles. The molecule has 2 rings (SSSR count). The van der Waals surface area contributed by atoms with Gasteiger partial charge in [0.25, 0.3) is 0 Å². The van der Waals surface area contributed by atoms with Gasteiger partial charge >= 0.3 is 0 Å². The standard InChI is InChI=1S/C17H25NO/c1-4-12-19-15-9-6-5-8-14(15)13-18-16-10-7-11-17(16,2)3/h4-6,8-9,16,18H,1,7,10-13H2,2-3H3. The van der Waals surface area contributed by atoms with Crippen LogP contribution in [-0.4, -0.2) is 12.6 Å². The Morgan fingerprint density at radius 2 is 2.21 bits per heavy atom. The number of hydrogen-bond acceptors (Lipinski definition) is 2. The van der Waals surface area contributed by atoms with E-state index in [1.807, 2.05) is 12.1 Å². The Kier molecular flexibility index (Phi) is 4.65. The summed E-state index contributed by atoms with van der Waals surface area (Å²) in [5, 5.41) is 3.70. The van der Waals surface area contributed by atoms with E-state index in [2.05, 4.69) is 37.9 Å². The predicted octanol–water partition coefficient (Wildman–Crippen LogP) is 3.92. The highest BCUT2D eigenvalue weighted by atomic mass is 16.5. The normalized spacial score (nSPS) is 21.3. The molecule has 0 spiro atoms. The molecular weight excluding hydrogens is 234 g/mol. The van der Waals surface area contributed by atoms with E-state index in [0.717, 1.165) is 12.3 Å². The van der Waals surface area contributed by atoms with Crippen LogP contribution in [0.3, 0.4) is 0 Å². The lowest BCUT2D eigenvalue weighted by atomic mass is 9.87. The third-order valence-corrected chi connectivity index (χ3v) is 4.13. The highest BCUT2D eigenvalue weighted by Crippen LogP contribution is 2.37. The SMILES string of the molecule is C=CCOc1ccccc1CNC1CCCC1(C)C. The maximum atomic E-state index is 5.70. The fourth-order valence-electron chi connectivity index (χ4n) is 2.88. The van der Waals surface area contributed by atoms with Crippen molar-refractivity contribution in [2.24, 2.45) is 5.41 Å². The van der Waals surface area contributed by atoms with Crippen molar-refractivity contribution in [3.05, 3.63) is 42.5 Å². The Morgan fingerprint density at radius 3 is 2.89 bits per heavy atom. The van der Waals surface area contributed by atoms with Crippen molar-refractivity contribution in [2.75, 3.05) is 6.61 Å². The van der Waals surface area contributed by atoms with Crippen LogP contribution in [0.4, 0.5) is 0 Å². The average Bonchev–Trinajstić information content (AvgIpc) is 2.74. The minimum atomic E-state index is 0.414. The summed E-state index contributed by atoms with van der Waals surface area (Å²) in [5.41, 5.74) is 1.64. The second kappa shape index (κ2) is 6.25. The second-order valence-electron chi connectivity index (χ2n) is 6.02. The van der Waals surface area contributed by atoms with E-state index in [1.54, 1.807) is 6.08 Å². The Bertz CT molecular complexity index is 425. The molecule has 1 aliphatic rings. The first-order valence-electron chi connectivity index (χ1n) is 7.18. The van der Waals surface area contributed by atoms with E-state index in [9.17, 15) is 0 Å². The Labute approximate surface area is 116 Å². The van der Waals surface area contributed by atoms with E-state index < -0.39 is 0 Å². The first-order chi connectivity index (χ1) is 9.13. The van der Waals surface area contributed by atoms with Gasteiger partial charge in [0.15, 0.2) is 0 Å². The molecule has 1 aromatic rings. The molecule has 0 bridgehead atoms. The van der Waals surface area contributed by atoms with Crippen molar-refractivity contribution in [2.45, 2.75) is 45.7 Å². The third-order valence-electron chi connectivity index (χ3n) is 4.13. The van der Waals surface area contributed by atoms with Crippen molar-refractivity contribution in [1.82, 2.24) is 5.32 Å². The van der Waals surface area contributed by atoms with Gasteiger partial charge in [-0.1, -0.05) is 51.1 Å². The predicted molar refractivity (Wildman–Crippen MR) is 80.4 cm³/mol. The molecular formula is C17H25NO. The molecule has 0 aromatic heterocycles. The number of nitrogens with one attached hydrogen (secondary N) is 1. The first kappa shape index (κ1) is 14.1. The molecule has 1 atom stereocenters. The van der Waals surface area contributed by atoms with Gasteiger partial charge in [0.1, 0.15) is 12.4 Å². The lowest BCUT2D eigenvalue weighted by Gasteiger charge is -2.28. The van der Waals surface area contributed by atoms with E-state index in [-0.39, 0.29) is 0 Å². The van der Waals surface area contributed by atoms with Gasteiger partial charge in [0, 0.05) is 18.2 Å². The van der Waals surface area contributed by atoms with E-state index >= 15 is 0 Å². The van der Waals surface area contributed by atoms with Gasteiger partial charge in [-0.05, 0) is 24.3 Å². The van der Waals surface area contributed by atoms with Gasteiger partial charge in [-0.2, -0.15) is 0 Å². The quantitative estimate of drug-likeness (QED) is 0.782. The third kappa shape index (κ3) is 3.60. The number of hydrogen-bond donors (Lipinski definition) is 1. The first-order valence-corrected chi connectivity index (χ1v) is 7.18. The van der Waals surface area contributed by atoms with E-state index in [0.29, 0.717) is 18.1 Å². The van der Waals surface area contributed by atoms with Crippen LogP contribution in [0.25, 0.3) is 0 Å². The zero-order valence-electron chi connectivity index (χ0n) is 12.1. The summed E-state index contributed by atoms with van der Waals surface area (Å²) in [6.07, 6.45) is 5.71. The Balaban J connectivity index is 1.97. The van der Waals surface area contributed by atoms with Crippen molar-refractivity contribution in [3.8, 4) is 5.75 Å². The lowest BCUT2D eigenvalue weighted by Crippen LogP contribution is -2.37. The van der Waals surface area contributed by atoms with Crippen LogP contribution in [0.1, 0.15) is 38.7 Å². The summed E-state index contributed by atoms with van der Waals surface area (Å²) < 4.78 is 5.70. The molecule has 1 saturated carbocycles. The van der Waals surface area contributed by atoms with Crippen LogP contribution in [0.15, 0.2) is 36.9 Å². The Morgan fingerprint density at radius 1 is 1.42 bits per heavy atom. The van der Waals surface area contributed by atoms with Gasteiger partial charge in [0.2, 0.25) is 0 Å². The maximum Gasteiger partial charge on any atom is 0.124 e. The maximum absolute atomic E-state index is 5.70. The molecule has 104 valence electrons. The van der Waals surface area contributed by atoms with E-state index in [1.165, 1.54) is 24.8 Å². The van der Waals surface area contributed by atoms with Crippen LogP contribution in [0.2, 0.25) is 0 Å². The molecule has 1 N–H and O–H groups in total. The number of rotatable bonds is 6. The van der Waals surface area contributed by atoms with Crippen molar-refractivity contribution in [1.29, 1.82) is 0 Å². The fraction of sp³-hybridized carbons (Fsp3) is 0.529. The minimum Gasteiger partial charge on any atom is -0.489 e. The zero-order valence-corrected chi connectivity index (χ0v) is 12.1. The highest BCUT2D eigenvalue weighted by molar-refractivity contribution is 5.33. The fourth-order valence-corrected chi connectivity index (χ4v) is 2.88. The molecule has 2 nitrogen and oxygen atoms in total. The van der Waals surface area contributed by atoms with Crippen LogP contribution < -0.4 is 10.1 Å². The molecule has 1 unspecified atom stereocenters. The average molecular weight is 259 g/mol. The molecule has 0 heterocycles. The minimum absolute atomic E-state index is 0.414. The van der Waals surface area contributed by atoms with Crippen molar-refractivity contribution < 1.29 is 4.74 Å². The molecule has 0 radical (unpaired) electrons. The van der Waals surface area contributed by atoms with Crippen molar-refractivity contribution >= 4 is 0 Å². The summed E-state index contributed by atoms with van der Waals surface area (Å²) in [6.45, 7) is 9.85. The summed E-state index contributed by atoms with van der Waals surface area (Å²) in [4.78, 5) is 0. The van der Waals surface area contributed by atoms with Crippen LogP contribution in [-0.2, 0) is 6.54 Å². The van der Waals surface area contributed by atoms with Gasteiger partial charge < -0.3 is 10.1 Å². The van der Waals surface area contributed by atoms with Crippen LogP contribution in [0.5, 0.6) is 5.75 Å². The topological polar surface area (TPSA) is 21.3 Å². The van der Waals surface area contributed by atoms with E-state index in [4.69, 9.17) is 4.74 Å². The highest BCUT2D eigenvalue weighted by Gasteiger charge is 2.33. The summed E-state index contributed by atoms with van der Waals surface area (Å²) in [7, 11) is 0.